The number of hydrogen-bond donors (Lipinski definition) is 0. The fourth-order valence-electron chi connectivity index (χ4n) is 4.24. The number of hydrogen-bond acceptors (Lipinski definition) is 6. The molecule has 8 nitrogen and oxygen atoms in total. The fraction of sp³-hybridized carbons (Fsp3) is 0.346. The molecular weight excluding hydrogens is 498 g/mol. The number of rotatable bonds is 7. The average Bonchev–Trinajstić information content (AvgIpc) is 3.20. The summed E-state index contributed by atoms with van der Waals surface area (Å²) >= 11 is 1.28. The maximum Gasteiger partial charge on any atom is 0.338 e. The second-order valence-corrected chi connectivity index (χ2v) is 11.7. The highest BCUT2D eigenvalue weighted by atomic mass is 32.2. The van der Waals surface area contributed by atoms with Gasteiger partial charge in [0.25, 0.3) is 5.91 Å². The van der Waals surface area contributed by atoms with E-state index < -0.39 is 21.9 Å². The van der Waals surface area contributed by atoms with Crippen LogP contribution in [0.3, 0.4) is 0 Å². The third-order valence-corrected chi connectivity index (χ3v) is 8.98. The lowest BCUT2D eigenvalue weighted by atomic mass is 10.0. The third-order valence-electron chi connectivity index (χ3n) is 6.06. The summed E-state index contributed by atoms with van der Waals surface area (Å²) in [5, 5.41) is 0. The molecule has 3 aromatic rings. The number of ether oxygens (including phenoxy) is 1. The molecule has 0 saturated carbocycles. The normalized spacial score (nSPS) is 17.3. The van der Waals surface area contributed by atoms with Gasteiger partial charge in [-0.25, -0.2) is 13.2 Å². The van der Waals surface area contributed by atoms with Crippen molar-refractivity contribution in [1.29, 1.82) is 0 Å². The van der Waals surface area contributed by atoms with Crippen LogP contribution in [0.4, 0.5) is 0 Å². The SMILES string of the molecule is C=CCn1c(=NC(=O)c2ccc(S(=O)(=O)N3CCCC(C)C3)cc2)sc2cc(C(=O)OCC)ccc21. The van der Waals surface area contributed by atoms with E-state index in [4.69, 9.17) is 4.74 Å². The zero-order valence-electron chi connectivity index (χ0n) is 20.3. The molecular formula is C26H29N3O5S2. The Bertz CT molecular complexity index is 1470. The Balaban J connectivity index is 1.64. The number of carbonyl (C=O) groups excluding carboxylic acids is 2. The molecule has 10 heteroatoms. The van der Waals surface area contributed by atoms with E-state index in [-0.39, 0.29) is 17.1 Å². The van der Waals surface area contributed by atoms with E-state index in [2.05, 4.69) is 18.5 Å². The van der Waals surface area contributed by atoms with Crippen molar-refractivity contribution in [2.75, 3.05) is 19.7 Å². The maximum atomic E-state index is 13.0. The van der Waals surface area contributed by atoms with Gasteiger partial charge in [0.1, 0.15) is 0 Å². The Morgan fingerprint density at radius 1 is 1.19 bits per heavy atom. The number of fused-ring (bicyclic) bond motifs is 1. The Kier molecular flexibility index (Phi) is 7.87. The van der Waals surface area contributed by atoms with Crippen LogP contribution in [0.25, 0.3) is 10.2 Å². The van der Waals surface area contributed by atoms with Crippen molar-refractivity contribution in [2.45, 2.75) is 38.1 Å². The first-order chi connectivity index (χ1) is 17.2. The summed E-state index contributed by atoms with van der Waals surface area (Å²) in [4.78, 5) is 30.0. The molecule has 1 unspecified atom stereocenters. The average molecular weight is 528 g/mol. The van der Waals surface area contributed by atoms with Gasteiger partial charge in [0.05, 0.1) is 27.3 Å². The number of carbonyl (C=O) groups is 2. The highest BCUT2D eigenvalue weighted by Crippen LogP contribution is 2.24. The lowest BCUT2D eigenvalue weighted by molar-refractivity contribution is 0.0526. The molecule has 1 saturated heterocycles. The molecule has 1 amide bonds. The van der Waals surface area contributed by atoms with Gasteiger partial charge in [0.2, 0.25) is 10.0 Å². The van der Waals surface area contributed by atoms with Gasteiger partial charge in [-0.2, -0.15) is 9.30 Å². The molecule has 4 rings (SSSR count). The Labute approximate surface area is 214 Å². The first kappa shape index (κ1) is 26.0. The third kappa shape index (κ3) is 5.35. The number of nitrogens with zero attached hydrogens (tertiary/aromatic N) is 3. The molecule has 0 N–H and O–H groups in total. The number of amides is 1. The lowest BCUT2D eigenvalue weighted by Crippen LogP contribution is -2.39. The molecule has 190 valence electrons. The van der Waals surface area contributed by atoms with Crippen molar-refractivity contribution >= 4 is 43.5 Å². The maximum absolute atomic E-state index is 13.0. The highest BCUT2D eigenvalue weighted by molar-refractivity contribution is 7.89. The van der Waals surface area contributed by atoms with Crippen LogP contribution in [-0.4, -0.2) is 48.9 Å². The molecule has 36 heavy (non-hydrogen) atoms. The van der Waals surface area contributed by atoms with Gasteiger partial charge < -0.3 is 9.30 Å². The number of piperidine rings is 1. The minimum atomic E-state index is -3.60. The molecule has 1 aliphatic rings. The molecule has 0 spiro atoms. The van der Waals surface area contributed by atoms with Gasteiger partial charge in [-0.3, -0.25) is 4.79 Å². The first-order valence-corrected chi connectivity index (χ1v) is 14.1. The molecule has 2 aromatic carbocycles. The summed E-state index contributed by atoms with van der Waals surface area (Å²) < 4.78 is 35.2. The van der Waals surface area contributed by atoms with Gasteiger partial charge in [-0.15, -0.1) is 6.58 Å². The largest absolute Gasteiger partial charge is 0.462 e. The molecule has 2 heterocycles. The number of esters is 1. The van der Waals surface area contributed by atoms with E-state index in [0.29, 0.717) is 35.9 Å². The van der Waals surface area contributed by atoms with Crippen LogP contribution in [-0.2, 0) is 21.3 Å². The molecule has 1 fully saturated rings. The quantitative estimate of drug-likeness (QED) is 0.338. The van der Waals surface area contributed by atoms with E-state index in [9.17, 15) is 18.0 Å². The van der Waals surface area contributed by atoms with Crippen LogP contribution >= 0.6 is 11.3 Å². The van der Waals surface area contributed by atoms with E-state index in [0.717, 1.165) is 23.1 Å². The number of thiazole rings is 1. The summed E-state index contributed by atoms with van der Waals surface area (Å²) in [7, 11) is -3.60. The molecule has 0 bridgehead atoms. The van der Waals surface area contributed by atoms with Crippen molar-refractivity contribution in [3.05, 3.63) is 71.0 Å². The van der Waals surface area contributed by atoms with Crippen LogP contribution in [0.1, 0.15) is 47.4 Å². The number of sulfonamides is 1. The van der Waals surface area contributed by atoms with Crippen LogP contribution in [0.5, 0.6) is 0 Å². The van der Waals surface area contributed by atoms with Gasteiger partial charge in [-0.05, 0) is 68.1 Å². The summed E-state index contributed by atoms with van der Waals surface area (Å²) in [6.45, 7) is 9.31. The summed E-state index contributed by atoms with van der Waals surface area (Å²) in [5.74, 6) is -0.572. The standard InChI is InChI=1S/C26H29N3O5S2/c1-4-14-29-22-13-10-20(25(31)34-5-2)16-23(22)35-26(29)27-24(30)19-8-11-21(12-9-19)36(32,33)28-15-6-7-18(3)17-28/h4,8-13,16,18H,1,5-7,14-15,17H2,2-3H3. The van der Waals surface area contributed by atoms with E-state index in [1.165, 1.54) is 39.9 Å². The fourth-order valence-corrected chi connectivity index (χ4v) is 6.92. The predicted molar refractivity (Wildman–Crippen MR) is 139 cm³/mol. The van der Waals surface area contributed by atoms with Crippen molar-refractivity contribution in [2.24, 2.45) is 10.9 Å². The van der Waals surface area contributed by atoms with Crippen molar-refractivity contribution in [3.8, 4) is 0 Å². The van der Waals surface area contributed by atoms with Crippen LogP contribution < -0.4 is 4.80 Å². The molecule has 0 radical (unpaired) electrons. The molecule has 1 aliphatic heterocycles. The topological polar surface area (TPSA) is 98.0 Å². The number of aromatic nitrogens is 1. The Hall–Kier alpha value is -3.08. The second kappa shape index (κ2) is 10.9. The second-order valence-electron chi connectivity index (χ2n) is 8.74. The zero-order chi connectivity index (χ0) is 25.9. The van der Waals surface area contributed by atoms with Gasteiger partial charge in [-0.1, -0.05) is 24.3 Å². The minimum absolute atomic E-state index is 0.170. The van der Waals surface area contributed by atoms with Crippen LogP contribution in [0.15, 0.2) is 65.0 Å². The lowest BCUT2D eigenvalue weighted by Gasteiger charge is -2.30. The van der Waals surface area contributed by atoms with Gasteiger partial charge in [0.15, 0.2) is 4.80 Å². The van der Waals surface area contributed by atoms with Crippen molar-refractivity contribution < 1.29 is 22.7 Å². The molecule has 1 atom stereocenters. The molecule has 1 aromatic heterocycles. The van der Waals surface area contributed by atoms with Crippen molar-refractivity contribution in [3.63, 3.8) is 0 Å². The number of benzene rings is 2. The van der Waals surface area contributed by atoms with Gasteiger partial charge in [0, 0.05) is 25.2 Å². The van der Waals surface area contributed by atoms with E-state index >= 15 is 0 Å². The summed E-state index contributed by atoms with van der Waals surface area (Å²) in [6.07, 6.45) is 3.57. The van der Waals surface area contributed by atoms with Crippen molar-refractivity contribution in [1.82, 2.24) is 8.87 Å². The smallest absolute Gasteiger partial charge is 0.338 e. The summed E-state index contributed by atoms with van der Waals surface area (Å²) in [6, 6.07) is 11.1. The highest BCUT2D eigenvalue weighted by Gasteiger charge is 2.28. The van der Waals surface area contributed by atoms with E-state index in [1.807, 2.05) is 4.57 Å². The van der Waals surface area contributed by atoms with Gasteiger partial charge >= 0.3 is 5.97 Å². The Morgan fingerprint density at radius 3 is 2.58 bits per heavy atom. The van der Waals surface area contributed by atoms with E-state index in [1.54, 1.807) is 31.2 Å². The first-order valence-electron chi connectivity index (χ1n) is 11.8. The van der Waals surface area contributed by atoms with Crippen LogP contribution in [0, 0.1) is 5.92 Å². The monoisotopic (exact) mass is 527 g/mol. The Morgan fingerprint density at radius 2 is 1.92 bits per heavy atom. The summed E-state index contributed by atoms with van der Waals surface area (Å²) in [5.41, 5.74) is 1.53. The zero-order valence-corrected chi connectivity index (χ0v) is 22.0. The van der Waals surface area contributed by atoms with Crippen LogP contribution in [0.2, 0.25) is 0 Å². The molecule has 0 aliphatic carbocycles. The minimum Gasteiger partial charge on any atom is -0.462 e. The predicted octanol–water partition coefficient (Wildman–Crippen LogP) is 4.23. The number of allylic oxidation sites excluding steroid dienone is 1.